The van der Waals surface area contributed by atoms with Crippen LogP contribution in [0.5, 0.6) is 11.5 Å². The van der Waals surface area contributed by atoms with Gasteiger partial charge in [-0.25, -0.2) is 14.8 Å². The average Bonchev–Trinajstić information content (AvgIpc) is 3.35. The molecule has 1 N–H and O–H groups in total. The van der Waals surface area contributed by atoms with Gasteiger partial charge in [-0.1, -0.05) is 48.2 Å². The van der Waals surface area contributed by atoms with Crippen LogP contribution >= 0.6 is 23.1 Å². The van der Waals surface area contributed by atoms with Gasteiger partial charge in [0.1, 0.15) is 34.6 Å². The van der Waals surface area contributed by atoms with E-state index in [1.807, 2.05) is 66.9 Å². The Morgan fingerprint density at radius 1 is 1.03 bits per heavy atom. The van der Waals surface area contributed by atoms with E-state index < -0.39 is 11.2 Å². The lowest BCUT2D eigenvalue weighted by Gasteiger charge is -2.19. The van der Waals surface area contributed by atoms with Gasteiger partial charge < -0.3 is 19.5 Å². The number of fused-ring (bicyclic) bond motifs is 1. The minimum atomic E-state index is -0.536. The van der Waals surface area contributed by atoms with E-state index in [1.165, 1.54) is 30.2 Å². The number of esters is 1. The van der Waals surface area contributed by atoms with Crippen LogP contribution in [-0.2, 0) is 9.53 Å². The number of thiophene rings is 1. The van der Waals surface area contributed by atoms with Crippen LogP contribution in [0, 0.1) is 6.92 Å². The van der Waals surface area contributed by atoms with E-state index in [9.17, 15) is 9.59 Å². The van der Waals surface area contributed by atoms with Crippen LogP contribution in [-0.4, -0.2) is 47.4 Å². The van der Waals surface area contributed by atoms with E-state index in [2.05, 4.69) is 15.3 Å². The fourth-order valence-corrected chi connectivity index (χ4v) is 5.84. The molecule has 4 aromatic rings. The van der Waals surface area contributed by atoms with Crippen molar-refractivity contribution >= 4 is 40.0 Å². The Morgan fingerprint density at radius 2 is 1.79 bits per heavy atom. The van der Waals surface area contributed by atoms with Crippen molar-refractivity contribution in [1.29, 1.82) is 0 Å². The maximum atomic E-state index is 13.2. The fraction of sp³-hybridized carbons (Fsp3) is 0.214. The van der Waals surface area contributed by atoms with Crippen molar-refractivity contribution in [3.8, 4) is 33.9 Å². The summed E-state index contributed by atoms with van der Waals surface area (Å²) in [6.07, 6.45) is 0. The summed E-state index contributed by atoms with van der Waals surface area (Å²) in [6, 6.07) is 17.2. The molecule has 194 valence electrons. The molecule has 0 aliphatic carbocycles. The van der Waals surface area contributed by atoms with Crippen molar-refractivity contribution in [2.75, 3.05) is 25.6 Å². The lowest BCUT2D eigenvalue weighted by Crippen LogP contribution is -2.23. The van der Waals surface area contributed by atoms with Crippen molar-refractivity contribution in [2.45, 2.75) is 24.1 Å². The molecule has 1 amide bonds. The van der Waals surface area contributed by atoms with E-state index in [-0.39, 0.29) is 5.91 Å². The van der Waals surface area contributed by atoms with Crippen molar-refractivity contribution in [3.05, 3.63) is 71.4 Å². The van der Waals surface area contributed by atoms with Crippen molar-refractivity contribution in [1.82, 2.24) is 9.97 Å². The first kappa shape index (κ1) is 25.7. The minimum Gasteiger partial charge on any atom is -0.486 e. The van der Waals surface area contributed by atoms with E-state index >= 15 is 0 Å². The minimum absolute atomic E-state index is 0.256. The number of anilines is 1. The summed E-state index contributed by atoms with van der Waals surface area (Å²) in [5, 5.41) is 5.36. The van der Waals surface area contributed by atoms with Gasteiger partial charge in [0.15, 0.2) is 11.5 Å². The second kappa shape index (κ2) is 11.2. The van der Waals surface area contributed by atoms with Crippen molar-refractivity contribution in [2.24, 2.45) is 0 Å². The highest BCUT2D eigenvalue weighted by molar-refractivity contribution is 8.00. The third-order valence-electron chi connectivity index (χ3n) is 5.82. The molecule has 10 heteroatoms. The van der Waals surface area contributed by atoms with Gasteiger partial charge in [0.05, 0.1) is 18.1 Å². The molecule has 1 aliphatic heterocycles. The summed E-state index contributed by atoms with van der Waals surface area (Å²) in [4.78, 5) is 35.0. The summed E-state index contributed by atoms with van der Waals surface area (Å²) in [5.74, 6) is 1.10. The van der Waals surface area contributed by atoms with Gasteiger partial charge in [-0.05, 0) is 37.6 Å². The van der Waals surface area contributed by atoms with E-state index in [0.29, 0.717) is 51.7 Å². The second-order valence-corrected chi connectivity index (χ2v) is 10.7. The predicted molar refractivity (Wildman–Crippen MR) is 148 cm³/mol. The van der Waals surface area contributed by atoms with Crippen LogP contribution in [0.3, 0.4) is 0 Å². The third-order valence-corrected chi connectivity index (χ3v) is 7.73. The molecule has 1 atom stereocenters. The van der Waals surface area contributed by atoms with Gasteiger partial charge in [-0.2, -0.15) is 0 Å². The average molecular weight is 548 g/mol. The number of hydrogen-bond donors (Lipinski definition) is 1. The zero-order valence-electron chi connectivity index (χ0n) is 21.0. The van der Waals surface area contributed by atoms with Gasteiger partial charge in [-0.15, -0.1) is 11.3 Å². The SMILES string of the molecule is COC(=O)c1c(-c2ccc3c(c2)OCCO3)csc1NC(=O)C(C)Sc1cc(-c2ccccc2)nc(C)n1. The normalized spacial score (nSPS) is 13.0. The molecular weight excluding hydrogens is 522 g/mol. The first-order valence-electron chi connectivity index (χ1n) is 11.9. The Labute approximate surface area is 228 Å². The number of aromatic nitrogens is 2. The van der Waals surface area contributed by atoms with E-state index in [0.717, 1.165) is 16.8 Å². The van der Waals surface area contributed by atoms with Crippen molar-refractivity contribution < 1.29 is 23.8 Å². The number of carbonyl (C=O) groups is 2. The number of rotatable bonds is 7. The van der Waals surface area contributed by atoms with Crippen LogP contribution in [0.1, 0.15) is 23.1 Å². The summed E-state index contributed by atoms with van der Waals surface area (Å²) >= 11 is 2.59. The molecule has 5 rings (SSSR count). The number of benzene rings is 2. The molecule has 38 heavy (non-hydrogen) atoms. The Hall–Kier alpha value is -3.89. The van der Waals surface area contributed by atoms with Gasteiger partial charge in [0, 0.05) is 16.5 Å². The maximum absolute atomic E-state index is 13.2. The Kier molecular flexibility index (Phi) is 7.62. The van der Waals surface area contributed by atoms with Crippen LogP contribution in [0.25, 0.3) is 22.4 Å². The Bertz CT molecular complexity index is 1490. The number of carbonyl (C=O) groups excluding carboxylic acids is 2. The third kappa shape index (κ3) is 5.51. The topological polar surface area (TPSA) is 99.6 Å². The maximum Gasteiger partial charge on any atom is 0.341 e. The zero-order chi connectivity index (χ0) is 26.6. The number of thioether (sulfide) groups is 1. The molecule has 0 fully saturated rings. The number of hydrogen-bond acceptors (Lipinski definition) is 9. The fourth-order valence-electron chi connectivity index (χ4n) is 3.98. The van der Waals surface area contributed by atoms with Crippen LogP contribution in [0.2, 0.25) is 0 Å². The molecule has 2 aromatic heterocycles. The van der Waals surface area contributed by atoms with Crippen LogP contribution in [0.4, 0.5) is 5.00 Å². The number of aryl methyl sites for hydroxylation is 1. The summed E-state index contributed by atoms with van der Waals surface area (Å²) in [6.45, 7) is 4.58. The second-order valence-electron chi connectivity index (χ2n) is 8.46. The smallest absolute Gasteiger partial charge is 0.341 e. The largest absolute Gasteiger partial charge is 0.486 e. The molecular formula is C28H25N3O5S2. The van der Waals surface area contributed by atoms with E-state index in [1.54, 1.807) is 6.92 Å². The standard InChI is InChI=1S/C28H25N3O5S2/c1-16(38-24-14-21(29-17(2)30-24)18-7-5-4-6-8-18)26(32)31-27-25(28(33)34-3)20(15-37-27)19-9-10-22-23(13-19)36-12-11-35-22/h4-10,13-16H,11-12H2,1-3H3,(H,31,32). The highest BCUT2D eigenvalue weighted by atomic mass is 32.2. The molecule has 0 saturated heterocycles. The van der Waals surface area contributed by atoms with Crippen LogP contribution < -0.4 is 14.8 Å². The van der Waals surface area contributed by atoms with Gasteiger partial charge in [0.25, 0.3) is 0 Å². The quantitative estimate of drug-likeness (QED) is 0.175. The molecule has 3 heterocycles. The molecule has 1 unspecified atom stereocenters. The lowest BCUT2D eigenvalue weighted by atomic mass is 10.0. The number of methoxy groups -OCH3 is 1. The molecule has 8 nitrogen and oxygen atoms in total. The first-order valence-corrected chi connectivity index (χ1v) is 13.7. The highest BCUT2D eigenvalue weighted by Crippen LogP contribution is 2.40. The van der Waals surface area contributed by atoms with Gasteiger partial charge >= 0.3 is 5.97 Å². The molecule has 0 saturated carbocycles. The summed E-state index contributed by atoms with van der Waals surface area (Å²) < 4.78 is 16.4. The van der Waals surface area contributed by atoms with Crippen molar-refractivity contribution in [3.63, 3.8) is 0 Å². The number of nitrogens with zero attached hydrogens (tertiary/aromatic N) is 2. The monoisotopic (exact) mass is 547 g/mol. The molecule has 0 spiro atoms. The lowest BCUT2D eigenvalue weighted by molar-refractivity contribution is -0.115. The van der Waals surface area contributed by atoms with E-state index in [4.69, 9.17) is 14.2 Å². The summed E-state index contributed by atoms with van der Waals surface area (Å²) in [7, 11) is 1.32. The highest BCUT2D eigenvalue weighted by Gasteiger charge is 2.25. The van der Waals surface area contributed by atoms with Gasteiger partial charge in [-0.3, -0.25) is 4.79 Å². The molecule has 2 aromatic carbocycles. The number of amides is 1. The number of ether oxygens (including phenoxy) is 3. The zero-order valence-corrected chi connectivity index (χ0v) is 22.7. The predicted octanol–water partition coefficient (Wildman–Crippen LogP) is 5.86. The molecule has 0 bridgehead atoms. The Balaban J connectivity index is 1.37. The molecule has 1 aliphatic rings. The Morgan fingerprint density at radius 3 is 2.55 bits per heavy atom. The van der Waals surface area contributed by atoms with Crippen LogP contribution in [0.15, 0.2) is 65.0 Å². The van der Waals surface area contributed by atoms with Gasteiger partial charge in [0.2, 0.25) is 5.91 Å². The number of nitrogens with one attached hydrogen (secondary N) is 1. The summed E-state index contributed by atoms with van der Waals surface area (Å²) in [5.41, 5.74) is 3.48. The molecule has 0 radical (unpaired) electrons. The first-order chi connectivity index (χ1) is 18.4.